The molecule has 0 unspecified atom stereocenters. The fraction of sp³-hybridized carbons (Fsp3) is 0.462. The molecule has 1 aliphatic rings. The third kappa shape index (κ3) is 7.95. The van der Waals surface area contributed by atoms with Crippen molar-refractivity contribution in [3.8, 4) is 5.75 Å². The summed E-state index contributed by atoms with van der Waals surface area (Å²) >= 11 is 5.77. The number of ketones is 1. The highest BCUT2D eigenvalue weighted by molar-refractivity contribution is 6.30. The number of halogens is 1. The lowest BCUT2D eigenvalue weighted by atomic mass is 9.92. The average molecular weight is 460 g/mol. The Morgan fingerprint density at radius 2 is 1.66 bits per heavy atom. The van der Waals surface area contributed by atoms with Crippen molar-refractivity contribution in [2.24, 2.45) is 5.92 Å². The minimum Gasteiger partial charge on any atom is -0.497 e. The zero-order chi connectivity index (χ0) is 23.5. The summed E-state index contributed by atoms with van der Waals surface area (Å²) in [4.78, 5) is 25.1. The first-order valence-corrected chi connectivity index (χ1v) is 11.6. The van der Waals surface area contributed by atoms with E-state index in [0.29, 0.717) is 5.02 Å². The molecular weight excluding hydrogens is 426 g/mol. The highest BCUT2D eigenvalue weighted by Gasteiger charge is 2.38. The molecule has 6 heteroatoms. The van der Waals surface area contributed by atoms with Gasteiger partial charge in [0.05, 0.1) is 19.4 Å². The minimum atomic E-state index is -0.456. The Morgan fingerprint density at radius 1 is 1.06 bits per heavy atom. The number of rotatable bonds is 9. The largest absolute Gasteiger partial charge is 0.497 e. The van der Waals surface area contributed by atoms with E-state index >= 15 is 0 Å². The highest BCUT2D eigenvalue weighted by atomic mass is 35.5. The summed E-state index contributed by atoms with van der Waals surface area (Å²) in [6.45, 7) is 9.36. The van der Waals surface area contributed by atoms with Crippen LogP contribution in [0.3, 0.4) is 0 Å². The predicted molar refractivity (Wildman–Crippen MR) is 128 cm³/mol. The van der Waals surface area contributed by atoms with Gasteiger partial charge in [-0.3, -0.25) is 14.5 Å². The first-order chi connectivity index (χ1) is 15.4. The Labute approximate surface area is 196 Å². The molecule has 0 saturated carbocycles. The topological polar surface area (TPSA) is 55.8 Å². The molecule has 0 spiro atoms. The molecule has 1 aliphatic heterocycles. The van der Waals surface area contributed by atoms with Gasteiger partial charge < -0.3 is 9.47 Å². The van der Waals surface area contributed by atoms with Crippen LogP contribution in [0.4, 0.5) is 0 Å². The Kier molecular flexibility index (Phi) is 10.7. The zero-order valence-corrected chi connectivity index (χ0v) is 20.2. The van der Waals surface area contributed by atoms with Crippen LogP contribution in [0.15, 0.2) is 48.5 Å². The number of methoxy groups -OCH3 is 1. The molecule has 0 radical (unpaired) electrons. The van der Waals surface area contributed by atoms with Crippen LogP contribution in [-0.2, 0) is 20.9 Å². The van der Waals surface area contributed by atoms with Crippen LogP contribution in [0.25, 0.3) is 0 Å². The van der Waals surface area contributed by atoms with E-state index in [-0.39, 0.29) is 24.1 Å². The first kappa shape index (κ1) is 25.9. The molecule has 2 aromatic carbocycles. The minimum absolute atomic E-state index is 0.0224. The van der Waals surface area contributed by atoms with Crippen molar-refractivity contribution in [1.29, 1.82) is 0 Å². The summed E-state index contributed by atoms with van der Waals surface area (Å²) in [5, 5.41) is 0.618. The van der Waals surface area contributed by atoms with E-state index < -0.39 is 6.10 Å². The molecule has 0 N–H and O–H groups in total. The molecule has 1 saturated heterocycles. The van der Waals surface area contributed by atoms with E-state index in [1.54, 1.807) is 31.4 Å². The second-order valence-corrected chi connectivity index (χ2v) is 8.44. The van der Waals surface area contributed by atoms with Gasteiger partial charge in [-0.05, 0) is 68.2 Å². The summed E-state index contributed by atoms with van der Waals surface area (Å²) < 4.78 is 10.3. The van der Waals surface area contributed by atoms with Crippen molar-refractivity contribution >= 4 is 23.4 Å². The third-order valence-electron chi connectivity index (χ3n) is 5.38. The quantitative estimate of drug-likeness (QED) is 0.440. The predicted octanol–water partition coefficient (Wildman–Crippen LogP) is 5.85. The van der Waals surface area contributed by atoms with Gasteiger partial charge >= 0.3 is 5.97 Å². The summed E-state index contributed by atoms with van der Waals surface area (Å²) in [6.07, 6.45) is 2.15. The summed E-state index contributed by atoms with van der Waals surface area (Å²) in [7, 11) is 1.70. The molecule has 0 aromatic heterocycles. The molecule has 2 aromatic rings. The smallest absolute Gasteiger partial charge is 0.307 e. The van der Waals surface area contributed by atoms with Crippen LogP contribution in [0, 0.1) is 5.92 Å². The van der Waals surface area contributed by atoms with Gasteiger partial charge in [-0.2, -0.15) is 0 Å². The van der Waals surface area contributed by atoms with Gasteiger partial charge in [-0.1, -0.05) is 49.7 Å². The van der Waals surface area contributed by atoms with Gasteiger partial charge in [-0.15, -0.1) is 0 Å². The van der Waals surface area contributed by atoms with Crippen molar-refractivity contribution in [1.82, 2.24) is 4.90 Å². The van der Waals surface area contributed by atoms with Gasteiger partial charge in [0.25, 0.3) is 0 Å². The number of cyclic esters (lactones) is 1. The highest BCUT2D eigenvalue weighted by Crippen LogP contribution is 2.36. The molecule has 32 heavy (non-hydrogen) atoms. The lowest BCUT2D eigenvalue weighted by Crippen LogP contribution is -2.24. The molecule has 0 aliphatic carbocycles. The molecule has 3 rings (SSSR count). The maximum absolute atomic E-state index is 11.4. The average Bonchev–Trinajstić information content (AvgIpc) is 3.18. The summed E-state index contributed by atoms with van der Waals surface area (Å²) in [5.41, 5.74) is 2.18. The van der Waals surface area contributed by atoms with Crippen LogP contribution in [0.5, 0.6) is 5.75 Å². The van der Waals surface area contributed by atoms with Gasteiger partial charge in [0.1, 0.15) is 17.6 Å². The van der Waals surface area contributed by atoms with E-state index in [1.807, 2.05) is 12.1 Å². The second-order valence-electron chi connectivity index (χ2n) is 8.01. The normalized spacial score (nSPS) is 17.5. The molecule has 174 valence electrons. The number of esters is 1. The molecule has 0 bridgehead atoms. The van der Waals surface area contributed by atoms with E-state index in [0.717, 1.165) is 17.9 Å². The van der Waals surface area contributed by atoms with Crippen molar-refractivity contribution in [3.63, 3.8) is 0 Å². The van der Waals surface area contributed by atoms with Crippen LogP contribution in [-0.4, -0.2) is 36.9 Å². The fourth-order valence-electron chi connectivity index (χ4n) is 3.76. The van der Waals surface area contributed by atoms with Crippen LogP contribution in [0.1, 0.15) is 57.3 Å². The van der Waals surface area contributed by atoms with Crippen molar-refractivity contribution < 1.29 is 19.1 Å². The zero-order valence-electron chi connectivity index (χ0n) is 19.5. The number of benzene rings is 2. The molecule has 2 atom stereocenters. The Balaban J connectivity index is 0.000000227. The SMILES string of the molecule is CC(=O)[C@@H]1CC(=O)O[C@H]1c1ccc(Cl)cc1.CCCN(CCC)Cc1ccc(OC)cc1. The van der Waals surface area contributed by atoms with Gasteiger partial charge in [0, 0.05) is 11.6 Å². The summed E-state index contributed by atoms with van der Waals surface area (Å²) in [5.74, 6) is 0.223. The molecule has 1 fully saturated rings. The number of carbonyl (C=O) groups is 2. The number of hydrogen-bond donors (Lipinski definition) is 0. The van der Waals surface area contributed by atoms with Gasteiger partial charge in [-0.25, -0.2) is 0 Å². The number of hydrogen-bond acceptors (Lipinski definition) is 5. The second kappa shape index (κ2) is 13.2. The van der Waals surface area contributed by atoms with Crippen molar-refractivity contribution in [2.75, 3.05) is 20.2 Å². The lowest BCUT2D eigenvalue weighted by Gasteiger charge is -2.21. The van der Waals surface area contributed by atoms with E-state index in [1.165, 1.54) is 38.4 Å². The van der Waals surface area contributed by atoms with Crippen LogP contribution >= 0.6 is 11.6 Å². The Hall–Kier alpha value is -2.37. The number of ether oxygens (including phenoxy) is 2. The van der Waals surface area contributed by atoms with E-state index in [9.17, 15) is 9.59 Å². The standard InChI is InChI=1S/C14H23NO.C12H11ClO3/c1-4-10-15(11-5-2)12-13-6-8-14(16-3)9-7-13;1-7(14)10-6-11(15)16-12(10)8-2-4-9(13)5-3-8/h6-9H,4-5,10-12H2,1-3H3;2-5,10,12H,6H2,1H3/t;10-,12-/m.0/s1. The van der Waals surface area contributed by atoms with Crippen LogP contribution in [0.2, 0.25) is 5.02 Å². The molecule has 0 amide bonds. The number of Topliss-reactive ketones (excluding diaryl/α,β-unsaturated/α-hetero) is 1. The molecular formula is C26H34ClNO4. The Morgan fingerprint density at radius 3 is 2.16 bits per heavy atom. The van der Waals surface area contributed by atoms with Crippen LogP contribution < -0.4 is 4.74 Å². The summed E-state index contributed by atoms with van der Waals surface area (Å²) in [6, 6.07) is 15.4. The Bertz CT molecular complexity index is 845. The van der Waals surface area contributed by atoms with Gasteiger partial charge in [0.15, 0.2) is 0 Å². The van der Waals surface area contributed by atoms with Gasteiger partial charge in [0.2, 0.25) is 0 Å². The fourth-order valence-corrected chi connectivity index (χ4v) is 3.89. The lowest BCUT2D eigenvalue weighted by molar-refractivity contribution is -0.141. The monoisotopic (exact) mass is 459 g/mol. The number of nitrogens with zero attached hydrogens (tertiary/aromatic N) is 1. The molecule has 1 heterocycles. The third-order valence-corrected chi connectivity index (χ3v) is 5.63. The van der Waals surface area contributed by atoms with E-state index in [2.05, 4.69) is 30.9 Å². The van der Waals surface area contributed by atoms with E-state index in [4.69, 9.17) is 21.1 Å². The first-order valence-electron chi connectivity index (χ1n) is 11.2. The molecule has 5 nitrogen and oxygen atoms in total. The van der Waals surface area contributed by atoms with Crippen molar-refractivity contribution in [2.45, 2.75) is 52.7 Å². The van der Waals surface area contributed by atoms with Crippen molar-refractivity contribution in [3.05, 3.63) is 64.7 Å². The maximum atomic E-state index is 11.4. The number of carbonyl (C=O) groups excluding carboxylic acids is 2. The maximum Gasteiger partial charge on any atom is 0.307 e.